The molecular weight excluding hydrogens is 264 g/mol. The first-order valence-corrected chi connectivity index (χ1v) is 6.51. The molecule has 0 saturated heterocycles. The zero-order chi connectivity index (χ0) is 15.1. The molecule has 2 N–H and O–H groups in total. The molecule has 2 aromatic carbocycles. The molecule has 4 heteroatoms. The molecule has 0 heterocycles. The van der Waals surface area contributed by atoms with Gasteiger partial charge in [-0.3, -0.25) is 4.79 Å². The zero-order valence-electron chi connectivity index (χ0n) is 11.7. The number of carbonyl (C=O) groups excluding carboxylic acids is 1. The molecule has 0 fully saturated rings. The van der Waals surface area contributed by atoms with Crippen molar-refractivity contribution in [2.45, 2.75) is 6.92 Å². The molecule has 0 spiro atoms. The summed E-state index contributed by atoms with van der Waals surface area (Å²) in [5.74, 6) is -0.515. The van der Waals surface area contributed by atoms with Gasteiger partial charge in [-0.05, 0) is 30.2 Å². The van der Waals surface area contributed by atoms with E-state index in [1.54, 1.807) is 18.3 Å². The largest absolute Gasteiger partial charge is 0.507 e. The number of nitrogens with one attached hydrogen (secondary N) is 1. The predicted octanol–water partition coefficient (Wildman–Crippen LogP) is 3.21. The maximum Gasteiger partial charge on any atom is 0.275 e. The highest BCUT2D eigenvalue weighted by Gasteiger charge is 2.08. The summed E-state index contributed by atoms with van der Waals surface area (Å²) in [5, 5.41) is 13.4. The van der Waals surface area contributed by atoms with Crippen molar-refractivity contribution in [3.8, 4) is 5.75 Å². The average Bonchev–Trinajstić information content (AvgIpc) is 2.48. The first-order chi connectivity index (χ1) is 10.2. The number of carbonyl (C=O) groups is 1. The molecule has 0 aliphatic heterocycles. The van der Waals surface area contributed by atoms with Crippen LogP contribution in [0.5, 0.6) is 5.75 Å². The summed E-state index contributed by atoms with van der Waals surface area (Å²) in [6, 6.07) is 16.2. The highest BCUT2D eigenvalue weighted by molar-refractivity contribution is 5.97. The number of aromatic hydroxyl groups is 1. The second-order valence-corrected chi connectivity index (χ2v) is 4.52. The quantitative estimate of drug-likeness (QED) is 0.667. The standard InChI is InChI=1S/C17H16N2O2/c1-13(11-14-7-3-2-4-8-14)12-18-19-17(21)15-9-5-6-10-16(15)20/h2-12,20H,1H3,(H,19,21)/b13-11+,18-12+. The zero-order valence-corrected chi connectivity index (χ0v) is 11.7. The van der Waals surface area contributed by atoms with Gasteiger partial charge in [0.05, 0.1) is 11.8 Å². The number of benzene rings is 2. The lowest BCUT2D eigenvalue weighted by atomic mass is 10.1. The third-order valence-electron chi connectivity index (χ3n) is 2.78. The Morgan fingerprint density at radius 1 is 1.10 bits per heavy atom. The molecule has 0 atom stereocenters. The van der Waals surface area contributed by atoms with Crippen LogP contribution < -0.4 is 5.43 Å². The van der Waals surface area contributed by atoms with Gasteiger partial charge in [0.2, 0.25) is 0 Å². The van der Waals surface area contributed by atoms with Gasteiger partial charge in [-0.2, -0.15) is 5.10 Å². The van der Waals surface area contributed by atoms with E-state index >= 15 is 0 Å². The molecule has 21 heavy (non-hydrogen) atoms. The molecule has 0 aliphatic carbocycles. The number of hydrogen-bond acceptors (Lipinski definition) is 3. The summed E-state index contributed by atoms with van der Waals surface area (Å²) >= 11 is 0. The number of phenolic OH excluding ortho intramolecular Hbond substituents is 1. The van der Waals surface area contributed by atoms with Crippen LogP contribution in [0, 0.1) is 0 Å². The van der Waals surface area contributed by atoms with E-state index in [9.17, 15) is 9.90 Å². The lowest BCUT2D eigenvalue weighted by molar-refractivity contribution is 0.0952. The second kappa shape index (κ2) is 7.05. The Hall–Kier alpha value is -2.88. The normalized spacial score (nSPS) is 11.6. The fourth-order valence-corrected chi connectivity index (χ4v) is 1.77. The molecule has 0 radical (unpaired) electrons. The van der Waals surface area contributed by atoms with Gasteiger partial charge in [-0.25, -0.2) is 5.43 Å². The second-order valence-electron chi connectivity index (χ2n) is 4.52. The van der Waals surface area contributed by atoms with Crippen molar-refractivity contribution in [3.63, 3.8) is 0 Å². The molecule has 0 unspecified atom stereocenters. The first kappa shape index (κ1) is 14.5. The summed E-state index contributed by atoms with van der Waals surface area (Å²) < 4.78 is 0. The Kier molecular flexibility index (Phi) is 4.88. The van der Waals surface area contributed by atoms with Gasteiger partial charge < -0.3 is 5.11 Å². The highest BCUT2D eigenvalue weighted by atomic mass is 16.3. The van der Waals surface area contributed by atoms with E-state index in [0.717, 1.165) is 11.1 Å². The summed E-state index contributed by atoms with van der Waals surface area (Å²) in [6.45, 7) is 1.89. The molecule has 0 aliphatic rings. The summed E-state index contributed by atoms with van der Waals surface area (Å²) in [5.41, 5.74) is 4.55. The van der Waals surface area contributed by atoms with Gasteiger partial charge >= 0.3 is 0 Å². The van der Waals surface area contributed by atoms with Gasteiger partial charge in [0.1, 0.15) is 5.75 Å². The fourth-order valence-electron chi connectivity index (χ4n) is 1.77. The third kappa shape index (κ3) is 4.31. The van der Waals surface area contributed by atoms with E-state index in [4.69, 9.17) is 0 Å². The molecule has 0 saturated carbocycles. The number of para-hydroxylation sites is 1. The molecule has 1 amide bonds. The van der Waals surface area contributed by atoms with Crippen molar-refractivity contribution < 1.29 is 9.90 Å². The molecule has 2 aromatic rings. The van der Waals surface area contributed by atoms with Crippen molar-refractivity contribution in [1.29, 1.82) is 0 Å². The first-order valence-electron chi connectivity index (χ1n) is 6.51. The summed E-state index contributed by atoms with van der Waals surface area (Å²) in [6.07, 6.45) is 3.51. The minimum atomic E-state index is -0.447. The van der Waals surface area contributed by atoms with Crippen LogP contribution in [-0.4, -0.2) is 17.2 Å². The van der Waals surface area contributed by atoms with Crippen LogP contribution in [0.4, 0.5) is 0 Å². The smallest absolute Gasteiger partial charge is 0.275 e. The van der Waals surface area contributed by atoms with E-state index in [-0.39, 0.29) is 11.3 Å². The minimum absolute atomic E-state index is 0.0678. The molecule has 2 rings (SSSR count). The molecular formula is C17H16N2O2. The number of rotatable bonds is 4. The Morgan fingerprint density at radius 2 is 1.76 bits per heavy atom. The summed E-state index contributed by atoms with van der Waals surface area (Å²) in [4.78, 5) is 11.8. The monoisotopic (exact) mass is 280 g/mol. The lowest BCUT2D eigenvalue weighted by Gasteiger charge is -2.01. The molecule has 0 bridgehead atoms. The number of nitrogens with zero attached hydrogens (tertiary/aromatic N) is 1. The van der Waals surface area contributed by atoms with Crippen molar-refractivity contribution in [1.82, 2.24) is 5.43 Å². The van der Waals surface area contributed by atoms with Crippen LogP contribution in [0.15, 0.2) is 65.3 Å². The number of phenols is 1. The van der Waals surface area contributed by atoms with Crippen molar-refractivity contribution in [2.75, 3.05) is 0 Å². The van der Waals surface area contributed by atoms with Crippen LogP contribution >= 0.6 is 0 Å². The Morgan fingerprint density at radius 3 is 2.48 bits per heavy atom. The third-order valence-corrected chi connectivity index (χ3v) is 2.78. The van der Waals surface area contributed by atoms with E-state index in [1.807, 2.05) is 43.3 Å². The maximum absolute atomic E-state index is 11.8. The van der Waals surface area contributed by atoms with Crippen LogP contribution in [-0.2, 0) is 0 Å². The fraction of sp³-hybridized carbons (Fsp3) is 0.0588. The van der Waals surface area contributed by atoms with Gasteiger partial charge in [0.15, 0.2) is 0 Å². The molecule has 106 valence electrons. The van der Waals surface area contributed by atoms with Crippen LogP contribution in [0.1, 0.15) is 22.8 Å². The Labute approximate surface area is 123 Å². The number of amides is 1. The van der Waals surface area contributed by atoms with E-state index in [1.165, 1.54) is 12.1 Å². The SMILES string of the molecule is CC(/C=N/NC(=O)c1ccccc1O)=C\c1ccccc1. The number of hydrazone groups is 1. The lowest BCUT2D eigenvalue weighted by Crippen LogP contribution is -2.17. The van der Waals surface area contributed by atoms with Gasteiger partial charge in [0, 0.05) is 0 Å². The molecule has 4 nitrogen and oxygen atoms in total. The van der Waals surface area contributed by atoms with Gasteiger partial charge in [-0.15, -0.1) is 0 Å². The van der Waals surface area contributed by atoms with Crippen LogP contribution in [0.3, 0.4) is 0 Å². The van der Waals surface area contributed by atoms with E-state index in [0.29, 0.717) is 0 Å². The van der Waals surface area contributed by atoms with Gasteiger partial charge in [0.25, 0.3) is 5.91 Å². The number of allylic oxidation sites excluding steroid dienone is 1. The topological polar surface area (TPSA) is 61.7 Å². The van der Waals surface area contributed by atoms with Crippen molar-refractivity contribution in [3.05, 3.63) is 71.3 Å². The van der Waals surface area contributed by atoms with Crippen molar-refractivity contribution >= 4 is 18.2 Å². The van der Waals surface area contributed by atoms with E-state index < -0.39 is 5.91 Å². The Bertz CT molecular complexity index is 676. The number of hydrogen-bond donors (Lipinski definition) is 2. The Balaban J connectivity index is 1.98. The highest BCUT2D eigenvalue weighted by Crippen LogP contribution is 2.14. The predicted molar refractivity (Wildman–Crippen MR) is 84.2 cm³/mol. The van der Waals surface area contributed by atoms with E-state index in [2.05, 4.69) is 10.5 Å². The van der Waals surface area contributed by atoms with Crippen LogP contribution in [0.25, 0.3) is 6.08 Å². The van der Waals surface area contributed by atoms with Crippen molar-refractivity contribution in [2.24, 2.45) is 5.10 Å². The average molecular weight is 280 g/mol. The van der Waals surface area contributed by atoms with Crippen LogP contribution in [0.2, 0.25) is 0 Å². The summed E-state index contributed by atoms with van der Waals surface area (Å²) in [7, 11) is 0. The van der Waals surface area contributed by atoms with Gasteiger partial charge in [-0.1, -0.05) is 48.5 Å². The maximum atomic E-state index is 11.8. The minimum Gasteiger partial charge on any atom is -0.507 e. The molecule has 0 aromatic heterocycles.